The molecule has 26 heavy (non-hydrogen) atoms. The molecule has 0 unspecified atom stereocenters. The molecule has 1 N–H and O–H groups in total. The van der Waals surface area contributed by atoms with E-state index in [2.05, 4.69) is 5.32 Å². The molecule has 1 saturated heterocycles. The van der Waals surface area contributed by atoms with Crippen LogP contribution in [-0.2, 0) is 21.2 Å². The number of methoxy groups -OCH3 is 1. The zero-order valence-corrected chi connectivity index (χ0v) is 15.8. The van der Waals surface area contributed by atoms with Crippen LogP contribution in [0.1, 0.15) is 12.0 Å². The fourth-order valence-corrected chi connectivity index (χ4v) is 4.54. The summed E-state index contributed by atoms with van der Waals surface area (Å²) in [5.41, 5.74) is 1.73. The van der Waals surface area contributed by atoms with Gasteiger partial charge in [-0.2, -0.15) is 0 Å². The Balaban J connectivity index is 1.74. The first-order valence-corrected chi connectivity index (χ1v) is 10.1. The first-order chi connectivity index (χ1) is 12.4. The smallest absolute Gasteiger partial charge is 0.235 e. The summed E-state index contributed by atoms with van der Waals surface area (Å²) in [7, 11) is -1.71. The fourth-order valence-electron chi connectivity index (χ4n) is 2.82. The number of anilines is 2. The van der Waals surface area contributed by atoms with Gasteiger partial charge in [0.25, 0.3) is 0 Å². The van der Waals surface area contributed by atoms with Gasteiger partial charge in [-0.1, -0.05) is 23.7 Å². The fraction of sp³-hybridized carbons (Fsp3) is 0.278. The van der Waals surface area contributed by atoms with Crippen molar-refractivity contribution in [3.05, 3.63) is 53.1 Å². The van der Waals surface area contributed by atoms with Crippen molar-refractivity contribution >= 4 is 38.9 Å². The van der Waals surface area contributed by atoms with Gasteiger partial charge in [0.1, 0.15) is 5.75 Å². The highest BCUT2D eigenvalue weighted by atomic mass is 35.5. The van der Waals surface area contributed by atoms with Crippen LogP contribution in [0.2, 0.25) is 5.02 Å². The summed E-state index contributed by atoms with van der Waals surface area (Å²) >= 11 is 6.16. The van der Waals surface area contributed by atoms with E-state index < -0.39 is 10.0 Å². The van der Waals surface area contributed by atoms with Gasteiger partial charge in [0.2, 0.25) is 15.9 Å². The highest BCUT2D eigenvalue weighted by Crippen LogP contribution is 2.31. The quantitative estimate of drug-likeness (QED) is 0.845. The number of carbonyl (C=O) groups excluding carboxylic acids is 1. The Kier molecular flexibility index (Phi) is 5.38. The lowest BCUT2D eigenvalue weighted by Crippen LogP contribution is -2.25. The largest absolute Gasteiger partial charge is 0.497 e. The number of ether oxygens (including phenoxy) is 1. The summed E-state index contributed by atoms with van der Waals surface area (Å²) in [5.74, 6) is 0.615. The number of carbonyl (C=O) groups is 1. The SMILES string of the molecule is COc1ccc(CC(=O)Nc2cc(N3CCCS3(=O)=O)ccc2Cl)cc1. The highest BCUT2D eigenvalue weighted by Gasteiger charge is 2.28. The Hall–Kier alpha value is -2.25. The van der Waals surface area contributed by atoms with Crippen molar-refractivity contribution in [1.82, 2.24) is 0 Å². The van der Waals surface area contributed by atoms with Crippen LogP contribution < -0.4 is 14.4 Å². The van der Waals surface area contributed by atoms with Gasteiger partial charge < -0.3 is 10.1 Å². The van der Waals surface area contributed by atoms with Gasteiger partial charge >= 0.3 is 0 Å². The zero-order chi connectivity index (χ0) is 18.7. The second-order valence-electron chi connectivity index (χ2n) is 5.98. The van der Waals surface area contributed by atoms with Crippen LogP contribution in [0.15, 0.2) is 42.5 Å². The van der Waals surface area contributed by atoms with Gasteiger partial charge in [0.15, 0.2) is 0 Å². The highest BCUT2D eigenvalue weighted by molar-refractivity contribution is 7.93. The summed E-state index contributed by atoms with van der Waals surface area (Å²) < 4.78 is 30.6. The van der Waals surface area contributed by atoms with Crippen LogP contribution in [0.5, 0.6) is 5.75 Å². The van der Waals surface area contributed by atoms with Crippen molar-refractivity contribution in [3.63, 3.8) is 0 Å². The summed E-state index contributed by atoms with van der Waals surface area (Å²) in [6, 6.07) is 12.0. The molecule has 1 amide bonds. The molecule has 0 saturated carbocycles. The Labute approximate surface area is 157 Å². The van der Waals surface area contributed by atoms with E-state index in [0.29, 0.717) is 29.4 Å². The lowest BCUT2D eigenvalue weighted by Gasteiger charge is -2.18. The molecule has 2 aromatic carbocycles. The third-order valence-electron chi connectivity index (χ3n) is 4.14. The normalized spacial score (nSPS) is 15.7. The monoisotopic (exact) mass is 394 g/mol. The minimum Gasteiger partial charge on any atom is -0.497 e. The standard InChI is InChI=1S/C18H19ClN2O4S/c1-25-15-6-3-13(4-7-15)11-18(22)20-17-12-14(5-8-16(17)19)21-9-2-10-26(21,23)24/h3-8,12H,2,9-11H2,1H3,(H,20,22). The van der Waals surface area contributed by atoms with Crippen LogP contribution in [0.3, 0.4) is 0 Å². The van der Waals surface area contributed by atoms with Crippen molar-refractivity contribution in [1.29, 1.82) is 0 Å². The Morgan fingerprint density at radius 2 is 1.96 bits per heavy atom. The summed E-state index contributed by atoms with van der Waals surface area (Å²) in [6.45, 7) is 0.434. The van der Waals surface area contributed by atoms with E-state index in [1.807, 2.05) is 12.1 Å². The molecule has 0 atom stereocenters. The molecule has 1 heterocycles. The van der Waals surface area contributed by atoms with E-state index in [0.717, 1.165) is 11.3 Å². The third-order valence-corrected chi connectivity index (χ3v) is 6.33. The molecule has 0 bridgehead atoms. The van der Waals surface area contributed by atoms with E-state index in [1.54, 1.807) is 37.4 Å². The van der Waals surface area contributed by atoms with Crippen LogP contribution in [0.25, 0.3) is 0 Å². The maximum Gasteiger partial charge on any atom is 0.235 e. The van der Waals surface area contributed by atoms with E-state index >= 15 is 0 Å². The second kappa shape index (κ2) is 7.55. The van der Waals surface area contributed by atoms with Crippen molar-refractivity contribution in [2.75, 3.05) is 29.0 Å². The predicted octanol–water partition coefficient (Wildman–Crippen LogP) is 3.07. The van der Waals surface area contributed by atoms with Crippen molar-refractivity contribution in [2.24, 2.45) is 0 Å². The van der Waals surface area contributed by atoms with Crippen molar-refractivity contribution in [2.45, 2.75) is 12.8 Å². The minimum atomic E-state index is -3.29. The molecule has 3 rings (SSSR count). The van der Waals surface area contributed by atoms with Gasteiger partial charge in [0, 0.05) is 6.54 Å². The molecule has 0 spiro atoms. The molecule has 0 aromatic heterocycles. The molecular weight excluding hydrogens is 376 g/mol. The molecule has 1 fully saturated rings. The number of nitrogens with zero attached hydrogens (tertiary/aromatic N) is 1. The zero-order valence-electron chi connectivity index (χ0n) is 14.2. The molecule has 138 valence electrons. The van der Waals surface area contributed by atoms with E-state index in [4.69, 9.17) is 16.3 Å². The second-order valence-corrected chi connectivity index (χ2v) is 8.40. The number of nitrogens with one attached hydrogen (secondary N) is 1. The lowest BCUT2D eigenvalue weighted by atomic mass is 10.1. The molecule has 1 aliphatic rings. The van der Waals surface area contributed by atoms with Gasteiger partial charge in [-0.25, -0.2) is 8.42 Å². The molecule has 8 heteroatoms. The number of hydrogen-bond donors (Lipinski definition) is 1. The van der Waals surface area contributed by atoms with Crippen LogP contribution >= 0.6 is 11.6 Å². The maximum atomic E-state index is 12.3. The molecule has 6 nitrogen and oxygen atoms in total. The average Bonchev–Trinajstić information content (AvgIpc) is 2.97. The van der Waals surface area contributed by atoms with Crippen LogP contribution in [0, 0.1) is 0 Å². The van der Waals surface area contributed by atoms with Crippen LogP contribution in [-0.4, -0.2) is 33.7 Å². The molecule has 0 aliphatic carbocycles. The van der Waals surface area contributed by atoms with Crippen molar-refractivity contribution in [3.8, 4) is 5.75 Å². The lowest BCUT2D eigenvalue weighted by molar-refractivity contribution is -0.115. The van der Waals surface area contributed by atoms with E-state index in [1.165, 1.54) is 4.31 Å². The maximum absolute atomic E-state index is 12.3. The Morgan fingerprint density at radius 1 is 1.23 bits per heavy atom. The number of rotatable bonds is 5. The summed E-state index contributed by atoms with van der Waals surface area (Å²) in [4.78, 5) is 12.3. The van der Waals surface area contributed by atoms with E-state index in [9.17, 15) is 13.2 Å². The molecule has 1 aliphatic heterocycles. The number of benzene rings is 2. The molecular formula is C18H19ClN2O4S. The summed E-state index contributed by atoms with van der Waals surface area (Å²) in [6.07, 6.45) is 0.761. The molecule has 2 aromatic rings. The summed E-state index contributed by atoms with van der Waals surface area (Å²) in [5, 5.41) is 3.11. The van der Waals surface area contributed by atoms with E-state index in [-0.39, 0.29) is 18.1 Å². The van der Waals surface area contributed by atoms with Gasteiger partial charge in [-0.05, 0) is 42.3 Å². The number of amides is 1. The Morgan fingerprint density at radius 3 is 2.58 bits per heavy atom. The number of sulfonamides is 1. The van der Waals surface area contributed by atoms with Crippen molar-refractivity contribution < 1.29 is 17.9 Å². The minimum absolute atomic E-state index is 0.134. The molecule has 0 radical (unpaired) electrons. The van der Waals surface area contributed by atoms with Gasteiger partial charge in [-0.15, -0.1) is 0 Å². The first-order valence-electron chi connectivity index (χ1n) is 8.12. The third kappa shape index (κ3) is 4.11. The van der Waals surface area contributed by atoms with Gasteiger partial charge in [-0.3, -0.25) is 9.10 Å². The topological polar surface area (TPSA) is 75.7 Å². The average molecular weight is 395 g/mol. The number of halogens is 1. The first kappa shape index (κ1) is 18.5. The Bertz CT molecular complexity index is 913. The van der Waals surface area contributed by atoms with Gasteiger partial charge in [0.05, 0.1) is 35.7 Å². The van der Waals surface area contributed by atoms with Crippen LogP contribution in [0.4, 0.5) is 11.4 Å². The number of hydrogen-bond acceptors (Lipinski definition) is 4. The predicted molar refractivity (Wildman–Crippen MR) is 103 cm³/mol.